The molecule has 0 radical (unpaired) electrons. The minimum absolute atomic E-state index is 0. The summed E-state index contributed by atoms with van der Waals surface area (Å²) in [6.07, 6.45) is 0. The molecule has 0 saturated heterocycles. The van der Waals surface area contributed by atoms with Gasteiger partial charge in [0.25, 0.3) is 0 Å². The molecule has 0 fully saturated rings. The summed E-state index contributed by atoms with van der Waals surface area (Å²) < 4.78 is 0. The van der Waals surface area contributed by atoms with E-state index in [2.05, 4.69) is 0 Å². The van der Waals surface area contributed by atoms with Gasteiger partial charge in [-0.25, -0.2) is 0 Å². The van der Waals surface area contributed by atoms with E-state index in [1.54, 1.807) is 0 Å². The van der Waals surface area contributed by atoms with Crippen LogP contribution in [0.5, 0.6) is 0 Å². The molecule has 0 amide bonds. The van der Waals surface area contributed by atoms with E-state index in [1.807, 2.05) is 0 Å². The van der Waals surface area contributed by atoms with Crippen LogP contribution in [-0.2, 0) is 21.3 Å². The van der Waals surface area contributed by atoms with Crippen LogP contribution in [-0.4, -0.2) is 6.47 Å². The molecule has 5 heavy (non-hydrogen) atoms. The first-order valence-electron chi connectivity index (χ1n) is 0.471. The van der Waals surface area contributed by atoms with Crippen LogP contribution in [0.2, 0.25) is 0 Å². The Kier molecular flexibility index (Phi) is 83.7. The van der Waals surface area contributed by atoms with Gasteiger partial charge >= 0.3 is 18.9 Å². The average Bonchev–Trinajstić information content (AvgIpc) is 0.918. The summed E-state index contributed by atoms with van der Waals surface area (Å²) in [5.41, 5.74) is 0. The molecule has 0 N–H and O–H groups in total. The number of hydrogen-bond acceptors (Lipinski definition) is 2. The van der Waals surface area contributed by atoms with E-state index in [0.717, 1.165) is 0 Å². The Morgan fingerprint density at radius 3 is 1.60 bits per heavy atom. The van der Waals surface area contributed by atoms with Crippen molar-refractivity contribution in [3.63, 3.8) is 0 Å². The summed E-state index contributed by atoms with van der Waals surface area (Å²) in [6.45, 7) is -0.500. The minimum atomic E-state index is -0.500. The fraction of sp³-hybridized carbons (Fsp3) is 0. The summed E-state index contributed by atoms with van der Waals surface area (Å²) in [6, 6.07) is 0. The van der Waals surface area contributed by atoms with Gasteiger partial charge in [-0.3, -0.25) is 0 Å². The Balaban J connectivity index is -0.0000000200. The molecule has 0 spiro atoms. The smallest absolute Gasteiger partial charge is 0.554 e. The molecule has 0 bridgehead atoms. The zero-order valence-corrected chi connectivity index (χ0v) is 3.70. The van der Waals surface area contributed by atoms with Gasteiger partial charge in [-0.2, -0.15) is 0 Å². The summed E-state index contributed by atoms with van der Waals surface area (Å²) in [4.78, 5) is 8.25. The predicted molar refractivity (Wildman–Crippen MR) is 6.06 cm³/mol. The largest absolute Gasteiger partial charge is 1.00 e. The molecule has 28 valence electrons. The van der Waals surface area contributed by atoms with E-state index in [4.69, 9.17) is 9.90 Å². The van der Waals surface area contributed by atoms with E-state index >= 15 is 0 Å². The van der Waals surface area contributed by atoms with E-state index in [-0.39, 0.29) is 35.4 Å². The summed E-state index contributed by atoms with van der Waals surface area (Å²) >= 11 is 0. The van der Waals surface area contributed by atoms with Gasteiger partial charge in [0.2, 0.25) is 0 Å². The number of rotatable bonds is 0. The monoisotopic (exact) mass is 110 g/mol. The first kappa shape index (κ1) is 17.6. The second-order valence-corrected chi connectivity index (χ2v) is 0.0962. The Morgan fingerprint density at radius 1 is 1.60 bits per heavy atom. The second kappa shape index (κ2) is 23.7. The first-order chi connectivity index (χ1) is 1.41. The van der Waals surface area contributed by atoms with Crippen molar-refractivity contribution in [2.45, 2.75) is 0 Å². The minimum Gasteiger partial charge on any atom is -0.554 e. The average molecular weight is 111 g/mol. The van der Waals surface area contributed by atoms with Crippen molar-refractivity contribution in [3.8, 4) is 0 Å². The Labute approximate surface area is 52.0 Å². The summed E-state index contributed by atoms with van der Waals surface area (Å²) in [5.74, 6) is 0. The van der Waals surface area contributed by atoms with Gasteiger partial charge in [0.05, 0.1) is 0 Å². The van der Waals surface area contributed by atoms with Crippen LogP contribution in [0, 0.1) is 0 Å². The predicted octanol–water partition coefficient (Wildman–Crippen LogP) is -4.63. The maximum Gasteiger partial charge on any atom is 1.00 e. The van der Waals surface area contributed by atoms with Crippen molar-refractivity contribution in [3.05, 3.63) is 0 Å². The van der Waals surface area contributed by atoms with E-state index in [1.165, 1.54) is 0 Å². The van der Waals surface area contributed by atoms with Crippen molar-refractivity contribution in [2.24, 2.45) is 0 Å². The number of carboxylic acid groups (broad SMARTS) is 1. The second-order valence-electron chi connectivity index (χ2n) is 0.0962. The Morgan fingerprint density at radius 2 is 1.60 bits per heavy atom. The van der Waals surface area contributed by atoms with Crippen LogP contribution in [0.1, 0.15) is 0 Å². The van der Waals surface area contributed by atoms with Crippen molar-refractivity contribution in [1.82, 2.24) is 0 Å². The van der Waals surface area contributed by atoms with E-state index in [9.17, 15) is 0 Å². The maximum absolute atomic E-state index is 8.25. The number of hydrogen-bond donors (Lipinski definition) is 0. The van der Waals surface area contributed by atoms with Gasteiger partial charge in [0.1, 0.15) is 0 Å². The normalized spacial score (nSPS) is 2.40. The van der Waals surface area contributed by atoms with Crippen molar-refractivity contribution >= 4 is 6.47 Å². The zero-order chi connectivity index (χ0) is 2.71. The Bertz CT molecular complexity index is 17.1. The van der Waals surface area contributed by atoms with Crippen LogP contribution >= 0.6 is 0 Å². The van der Waals surface area contributed by atoms with E-state index < -0.39 is 6.47 Å². The van der Waals surface area contributed by atoms with Gasteiger partial charge < -0.3 is 9.90 Å². The quantitative estimate of drug-likeness (QED) is 0.233. The molecule has 0 aliphatic heterocycles. The molecule has 0 rings (SSSR count). The molecule has 0 aromatic rings. The maximum atomic E-state index is 8.25. The molecule has 0 aromatic carbocycles. The SMILES string of the molecule is O=C[O-].[Li+].[Ni]. The molecule has 0 aliphatic carbocycles. The molecular formula is CHLiNiO2. The molecule has 0 aromatic heterocycles. The zero-order valence-electron chi connectivity index (χ0n) is 2.71. The number of carbonyl (C=O) groups is 1. The van der Waals surface area contributed by atoms with Gasteiger partial charge in [0, 0.05) is 23.0 Å². The van der Waals surface area contributed by atoms with Crippen LogP contribution in [0.4, 0.5) is 0 Å². The third-order valence-corrected chi connectivity index (χ3v) is 0. The third-order valence-electron chi connectivity index (χ3n) is 0. The van der Waals surface area contributed by atoms with Crippen LogP contribution < -0.4 is 24.0 Å². The first-order valence-corrected chi connectivity index (χ1v) is 0.471. The van der Waals surface area contributed by atoms with Crippen molar-refractivity contribution < 1.29 is 45.3 Å². The fourth-order valence-electron chi connectivity index (χ4n) is 0. The topological polar surface area (TPSA) is 40.1 Å². The molecule has 4 heteroatoms. The summed E-state index contributed by atoms with van der Waals surface area (Å²) in [7, 11) is 0. The van der Waals surface area contributed by atoms with Crippen molar-refractivity contribution in [2.75, 3.05) is 0 Å². The van der Waals surface area contributed by atoms with E-state index in [0.29, 0.717) is 0 Å². The molecule has 0 saturated carbocycles. The molecule has 2 nitrogen and oxygen atoms in total. The molecular weight excluding hydrogens is 110 g/mol. The van der Waals surface area contributed by atoms with Crippen LogP contribution in [0.25, 0.3) is 0 Å². The molecule has 0 unspecified atom stereocenters. The number of carbonyl (C=O) groups excluding carboxylic acids is 1. The van der Waals surface area contributed by atoms with Gasteiger partial charge in [-0.15, -0.1) is 0 Å². The molecule has 0 aliphatic rings. The van der Waals surface area contributed by atoms with Crippen molar-refractivity contribution in [1.29, 1.82) is 0 Å². The Hall–Kier alpha value is 0.561. The molecule has 0 atom stereocenters. The van der Waals surface area contributed by atoms with Gasteiger partial charge in [-0.05, 0) is 0 Å². The van der Waals surface area contributed by atoms with Gasteiger partial charge in [-0.1, -0.05) is 0 Å². The third kappa shape index (κ3) is 95.1. The fourth-order valence-corrected chi connectivity index (χ4v) is 0. The van der Waals surface area contributed by atoms with Crippen LogP contribution in [0.3, 0.4) is 0 Å². The van der Waals surface area contributed by atoms with Gasteiger partial charge in [0.15, 0.2) is 0 Å². The van der Waals surface area contributed by atoms with Crippen LogP contribution in [0.15, 0.2) is 0 Å². The summed E-state index contributed by atoms with van der Waals surface area (Å²) in [5, 5.41) is 8.25. The molecule has 0 heterocycles. The standard InChI is InChI=1S/CH2O2.Li.Ni/c2-1-3;;/h1H,(H,2,3);;/q;+1;/p-1.